The van der Waals surface area contributed by atoms with Crippen LogP contribution in [0.1, 0.15) is 6.42 Å². The second-order valence-corrected chi connectivity index (χ2v) is 6.77. The van der Waals surface area contributed by atoms with Gasteiger partial charge in [-0.05, 0) is 24.6 Å². The molecule has 1 aromatic rings. The fourth-order valence-electron chi connectivity index (χ4n) is 1.76. The number of methoxy groups -OCH3 is 2. The molecule has 0 aliphatic rings. The fourth-order valence-corrected chi connectivity index (χ4v) is 3.38. The molecular formula is C13H21ClN2O4S. The van der Waals surface area contributed by atoms with E-state index < -0.39 is 10.0 Å². The summed E-state index contributed by atoms with van der Waals surface area (Å²) in [7, 11) is -0.529. The van der Waals surface area contributed by atoms with Crippen molar-refractivity contribution in [2.45, 2.75) is 11.3 Å². The van der Waals surface area contributed by atoms with Crippen LogP contribution in [0.3, 0.4) is 0 Å². The Morgan fingerprint density at radius 3 is 2.43 bits per heavy atom. The lowest BCUT2D eigenvalue weighted by Gasteiger charge is -2.22. The van der Waals surface area contributed by atoms with Crippen molar-refractivity contribution in [1.82, 2.24) is 4.31 Å². The highest BCUT2D eigenvalue weighted by molar-refractivity contribution is 7.89. The van der Waals surface area contributed by atoms with Crippen LogP contribution in [0.25, 0.3) is 0 Å². The van der Waals surface area contributed by atoms with Crippen molar-refractivity contribution < 1.29 is 17.9 Å². The molecule has 1 aromatic carbocycles. The van der Waals surface area contributed by atoms with E-state index in [0.717, 1.165) is 0 Å². The van der Waals surface area contributed by atoms with Crippen LogP contribution < -0.4 is 5.73 Å². The van der Waals surface area contributed by atoms with Crippen molar-refractivity contribution >= 4 is 27.3 Å². The van der Waals surface area contributed by atoms with E-state index in [1.54, 1.807) is 7.11 Å². The van der Waals surface area contributed by atoms with E-state index in [4.69, 9.17) is 26.8 Å². The molecule has 8 heteroatoms. The highest BCUT2D eigenvalue weighted by Gasteiger charge is 2.24. The summed E-state index contributed by atoms with van der Waals surface area (Å²) < 4.78 is 36.5. The number of hydrogen-bond donors (Lipinski definition) is 1. The molecule has 0 bridgehead atoms. The maximum Gasteiger partial charge on any atom is 0.243 e. The SMILES string of the molecule is COCCCN(CCOC)S(=O)(=O)c1ccc(Cl)c(N)c1. The maximum absolute atomic E-state index is 12.6. The molecule has 0 fully saturated rings. The fraction of sp³-hybridized carbons (Fsp3) is 0.538. The van der Waals surface area contributed by atoms with Gasteiger partial charge in [-0.3, -0.25) is 0 Å². The molecular weight excluding hydrogens is 316 g/mol. The first-order valence-electron chi connectivity index (χ1n) is 6.46. The Balaban J connectivity index is 2.98. The topological polar surface area (TPSA) is 81.9 Å². The van der Waals surface area contributed by atoms with Gasteiger partial charge in [-0.25, -0.2) is 8.42 Å². The second kappa shape index (κ2) is 8.55. The van der Waals surface area contributed by atoms with Crippen LogP contribution in [0.15, 0.2) is 23.1 Å². The van der Waals surface area contributed by atoms with Crippen molar-refractivity contribution in [3.05, 3.63) is 23.2 Å². The highest BCUT2D eigenvalue weighted by atomic mass is 35.5. The number of ether oxygens (including phenoxy) is 2. The third-order valence-corrected chi connectivity index (χ3v) is 5.14. The zero-order valence-corrected chi connectivity index (χ0v) is 13.8. The molecule has 2 N–H and O–H groups in total. The minimum atomic E-state index is -3.63. The number of hydrogen-bond acceptors (Lipinski definition) is 5. The van der Waals surface area contributed by atoms with Gasteiger partial charge in [0, 0.05) is 33.9 Å². The molecule has 0 amide bonds. The molecule has 0 atom stereocenters. The third-order valence-electron chi connectivity index (χ3n) is 2.91. The summed E-state index contributed by atoms with van der Waals surface area (Å²) in [6.45, 7) is 1.42. The van der Waals surface area contributed by atoms with Gasteiger partial charge in [0.15, 0.2) is 0 Å². The van der Waals surface area contributed by atoms with E-state index in [1.807, 2.05) is 0 Å². The van der Waals surface area contributed by atoms with Gasteiger partial charge in [-0.1, -0.05) is 11.6 Å². The van der Waals surface area contributed by atoms with E-state index >= 15 is 0 Å². The standard InChI is InChI=1S/C13H21ClN2O4S/c1-19-8-3-6-16(7-9-20-2)21(17,18)11-4-5-12(14)13(15)10-11/h4-5,10H,3,6-9,15H2,1-2H3. The predicted molar refractivity (Wildman–Crippen MR) is 83.0 cm³/mol. The van der Waals surface area contributed by atoms with Crippen LogP contribution in [0.4, 0.5) is 5.69 Å². The van der Waals surface area contributed by atoms with Crippen molar-refractivity contribution in [1.29, 1.82) is 0 Å². The first-order valence-corrected chi connectivity index (χ1v) is 8.28. The van der Waals surface area contributed by atoms with E-state index in [1.165, 1.54) is 29.6 Å². The summed E-state index contributed by atoms with van der Waals surface area (Å²) in [5.74, 6) is 0. The largest absolute Gasteiger partial charge is 0.397 e. The van der Waals surface area contributed by atoms with Crippen molar-refractivity contribution in [3.8, 4) is 0 Å². The van der Waals surface area contributed by atoms with Gasteiger partial charge in [0.05, 0.1) is 22.2 Å². The summed E-state index contributed by atoms with van der Waals surface area (Å²) in [5, 5.41) is 0.330. The first kappa shape index (κ1) is 18.2. The minimum Gasteiger partial charge on any atom is -0.397 e. The summed E-state index contributed by atoms with van der Waals surface area (Å²) in [5.41, 5.74) is 5.92. The van der Waals surface area contributed by atoms with E-state index in [2.05, 4.69) is 0 Å². The Hall–Kier alpha value is -0.860. The predicted octanol–water partition coefficient (Wildman–Crippen LogP) is 1.60. The normalized spacial score (nSPS) is 12.0. The number of halogens is 1. The van der Waals surface area contributed by atoms with Crippen LogP contribution in [0, 0.1) is 0 Å². The molecule has 0 unspecified atom stereocenters. The molecule has 0 heterocycles. The van der Waals surface area contributed by atoms with Crippen LogP contribution in [-0.4, -0.2) is 53.2 Å². The van der Waals surface area contributed by atoms with Gasteiger partial charge in [0.25, 0.3) is 0 Å². The molecule has 0 saturated heterocycles. The van der Waals surface area contributed by atoms with Crippen LogP contribution in [-0.2, 0) is 19.5 Å². The van der Waals surface area contributed by atoms with E-state index in [9.17, 15) is 8.42 Å². The minimum absolute atomic E-state index is 0.123. The molecule has 1 rings (SSSR count). The Kier molecular flexibility index (Phi) is 7.41. The lowest BCUT2D eigenvalue weighted by atomic mass is 10.3. The summed E-state index contributed by atoms with van der Waals surface area (Å²) in [6.07, 6.45) is 0.600. The molecule has 0 aliphatic carbocycles. The number of rotatable bonds is 9. The van der Waals surface area contributed by atoms with Gasteiger partial charge >= 0.3 is 0 Å². The van der Waals surface area contributed by atoms with Crippen molar-refractivity contribution in [3.63, 3.8) is 0 Å². The molecule has 0 saturated carbocycles. The number of sulfonamides is 1. The molecule has 0 spiro atoms. The van der Waals surface area contributed by atoms with Gasteiger partial charge in [-0.15, -0.1) is 0 Å². The zero-order valence-electron chi connectivity index (χ0n) is 12.2. The average Bonchev–Trinajstić information content (AvgIpc) is 2.45. The Morgan fingerprint density at radius 2 is 1.86 bits per heavy atom. The third kappa shape index (κ3) is 5.12. The second-order valence-electron chi connectivity index (χ2n) is 4.43. The van der Waals surface area contributed by atoms with E-state index in [0.29, 0.717) is 31.2 Å². The Labute approximate surface area is 130 Å². The van der Waals surface area contributed by atoms with Crippen molar-refractivity contribution in [2.75, 3.05) is 46.3 Å². The van der Waals surface area contributed by atoms with Crippen molar-refractivity contribution in [2.24, 2.45) is 0 Å². The Morgan fingerprint density at radius 1 is 1.19 bits per heavy atom. The maximum atomic E-state index is 12.6. The molecule has 21 heavy (non-hydrogen) atoms. The number of anilines is 1. The summed E-state index contributed by atoms with van der Waals surface area (Å²) >= 11 is 5.83. The molecule has 0 aliphatic heterocycles. The lowest BCUT2D eigenvalue weighted by molar-refractivity contribution is 0.164. The molecule has 6 nitrogen and oxygen atoms in total. The molecule has 0 aromatic heterocycles. The smallest absolute Gasteiger partial charge is 0.243 e. The van der Waals surface area contributed by atoms with Gasteiger partial charge in [0.2, 0.25) is 10.0 Å². The zero-order chi connectivity index (χ0) is 15.9. The van der Waals surface area contributed by atoms with Gasteiger partial charge in [0.1, 0.15) is 0 Å². The summed E-state index contributed by atoms with van der Waals surface area (Å²) in [6, 6.07) is 4.30. The quantitative estimate of drug-likeness (QED) is 0.547. The van der Waals surface area contributed by atoms with Gasteiger partial charge in [-0.2, -0.15) is 4.31 Å². The summed E-state index contributed by atoms with van der Waals surface area (Å²) in [4.78, 5) is 0.123. The highest BCUT2D eigenvalue weighted by Crippen LogP contribution is 2.24. The molecule has 0 radical (unpaired) electrons. The lowest BCUT2D eigenvalue weighted by Crippen LogP contribution is -2.35. The van der Waals surface area contributed by atoms with E-state index in [-0.39, 0.29) is 17.1 Å². The van der Waals surface area contributed by atoms with Crippen LogP contribution >= 0.6 is 11.6 Å². The average molecular weight is 337 g/mol. The van der Waals surface area contributed by atoms with Crippen LogP contribution in [0.5, 0.6) is 0 Å². The molecule has 120 valence electrons. The number of nitrogens with two attached hydrogens (primary N) is 1. The van der Waals surface area contributed by atoms with Gasteiger partial charge < -0.3 is 15.2 Å². The number of nitrogens with zero attached hydrogens (tertiary/aromatic N) is 1. The number of nitrogen functional groups attached to an aromatic ring is 1. The first-order chi connectivity index (χ1) is 9.93. The number of benzene rings is 1. The monoisotopic (exact) mass is 336 g/mol. The Bertz CT molecular complexity index is 551. The van der Waals surface area contributed by atoms with Crippen LogP contribution in [0.2, 0.25) is 5.02 Å².